The molecule has 7 fully saturated rings. The van der Waals surface area contributed by atoms with Gasteiger partial charge in [-0.2, -0.15) is 0 Å². The molecule has 0 spiro atoms. The highest BCUT2D eigenvalue weighted by Crippen LogP contribution is 2.68. The summed E-state index contributed by atoms with van der Waals surface area (Å²) in [7, 11) is 0. The van der Waals surface area contributed by atoms with Crippen LogP contribution in [-0.4, -0.2) is 176 Å². The molecule has 3 aliphatic heterocycles. The van der Waals surface area contributed by atoms with Gasteiger partial charge in [0.05, 0.1) is 31.5 Å². The molecule has 18 heteroatoms. The number of carbonyl (C=O) groups excluding carboxylic acids is 2. The summed E-state index contributed by atoms with van der Waals surface area (Å²) in [5.74, 6) is 1.60. The van der Waals surface area contributed by atoms with Gasteiger partial charge in [-0.15, -0.1) is 0 Å². The van der Waals surface area contributed by atoms with Gasteiger partial charge in [0.25, 0.3) is 0 Å². The highest BCUT2D eigenvalue weighted by Gasteiger charge is 2.64. The van der Waals surface area contributed by atoms with Gasteiger partial charge in [0, 0.05) is 25.3 Å². The van der Waals surface area contributed by atoms with Crippen LogP contribution in [0, 0.1) is 52.3 Å². The SMILES string of the molecule is CCCC(=O)NC[C@H](C)CCC(=O)[C@@H](C)[C@H]1[C@H](O)C[C@H]2[C@@H]3CC[C@H]4C[C@@H](O[C@@H]5O[C@H](CO)[C@@H](O[C@@H]6O[C@@H](C)[C@H](O)[C@@H](O)[C@H]6O[C@@H]6OC[C@@H](O)[C@H](O)[C@H]6O)[C@H](O)[C@H]5O)CC[C@]4(C)[C@H]3CC[C@]12C. The van der Waals surface area contributed by atoms with E-state index < -0.39 is 105 Å². The molecule has 0 aromatic heterocycles. The summed E-state index contributed by atoms with van der Waals surface area (Å²) in [6.07, 6.45) is -12.3. The summed E-state index contributed by atoms with van der Waals surface area (Å²) in [6.45, 7) is 11.8. The van der Waals surface area contributed by atoms with Gasteiger partial charge in [0.1, 0.15) is 66.8 Å². The molecule has 0 radical (unpaired) electrons. The van der Waals surface area contributed by atoms with Gasteiger partial charge in [0.2, 0.25) is 5.91 Å². The van der Waals surface area contributed by atoms with Crippen molar-refractivity contribution in [2.24, 2.45) is 52.3 Å². The van der Waals surface area contributed by atoms with E-state index in [1.807, 2.05) is 13.8 Å². The number of fused-ring (bicyclic) bond motifs is 5. The Hall–Kier alpha value is -1.46. The molecule has 0 bridgehead atoms. The third-order valence-electron chi connectivity index (χ3n) is 17.8. The van der Waals surface area contributed by atoms with Crippen LogP contribution in [0.1, 0.15) is 119 Å². The minimum atomic E-state index is -1.73. The molecule has 0 unspecified atom stereocenters. The van der Waals surface area contributed by atoms with Crippen LogP contribution in [0.4, 0.5) is 0 Å². The number of ketones is 1. The lowest BCUT2D eigenvalue weighted by Crippen LogP contribution is -2.66. The van der Waals surface area contributed by atoms with Crippen molar-refractivity contribution in [1.29, 1.82) is 0 Å². The molecule has 10 N–H and O–H groups in total. The Labute approximate surface area is 389 Å². The molecule has 380 valence electrons. The Morgan fingerprint density at radius 2 is 1.41 bits per heavy atom. The fraction of sp³-hybridized carbons (Fsp3) is 0.958. The number of hydrogen-bond acceptors (Lipinski definition) is 17. The molecule has 4 saturated carbocycles. The lowest BCUT2D eigenvalue weighted by atomic mass is 9.44. The van der Waals surface area contributed by atoms with Gasteiger partial charge in [-0.1, -0.05) is 34.6 Å². The maximum atomic E-state index is 13.7. The van der Waals surface area contributed by atoms with E-state index in [0.29, 0.717) is 62.3 Å². The number of Topliss-reactive ketones (excluding diaryl/α,β-unsaturated/α-hetero) is 1. The Morgan fingerprint density at radius 1 is 0.727 bits per heavy atom. The Balaban J connectivity index is 0.942. The second-order valence-electron chi connectivity index (χ2n) is 21.9. The molecule has 66 heavy (non-hydrogen) atoms. The van der Waals surface area contributed by atoms with Gasteiger partial charge >= 0.3 is 0 Å². The predicted octanol–water partition coefficient (Wildman–Crippen LogP) is 0.654. The molecular formula is C48H81NO17. The van der Waals surface area contributed by atoms with Crippen molar-refractivity contribution in [3.63, 3.8) is 0 Å². The van der Waals surface area contributed by atoms with Crippen molar-refractivity contribution in [3.05, 3.63) is 0 Å². The number of nitrogens with one attached hydrogen (secondary N) is 1. The molecule has 3 saturated heterocycles. The molecule has 0 aromatic rings. The summed E-state index contributed by atoms with van der Waals surface area (Å²) in [4.78, 5) is 25.7. The van der Waals surface area contributed by atoms with Crippen molar-refractivity contribution >= 4 is 11.7 Å². The zero-order valence-electron chi connectivity index (χ0n) is 39.7. The summed E-state index contributed by atoms with van der Waals surface area (Å²) in [5.41, 5.74) is -0.115. The van der Waals surface area contributed by atoms with E-state index >= 15 is 0 Å². The fourth-order valence-electron chi connectivity index (χ4n) is 13.8. The van der Waals surface area contributed by atoms with Crippen molar-refractivity contribution < 1.29 is 84.0 Å². The molecule has 25 atom stereocenters. The molecule has 3 heterocycles. The smallest absolute Gasteiger partial charge is 0.219 e. The van der Waals surface area contributed by atoms with Crippen LogP contribution in [-0.2, 0) is 38.0 Å². The molecule has 7 rings (SSSR count). The second-order valence-corrected chi connectivity index (χ2v) is 21.9. The van der Waals surface area contributed by atoms with E-state index in [2.05, 4.69) is 26.1 Å². The summed E-state index contributed by atoms with van der Waals surface area (Å²) in [6, 6.07) is 0. The quantitative estimate of drug-likeness (QED) is 0.0952. The first-order valence-corrected chi connectivity index (χ1v) is 25.0. The molecule has 18 nitrogen and oxygen atoms in total. The average Bonchev–Trinajstić information content (AvgIpc) is 3.56. The monoisotopic (exact) mass is 944 g/mol. The van der Waals surface area contributed by atoms with Crippen LogP contribution in [0.3, 0.4) is 0 Å². The van der Waals surface area contributed by atoms with Crippen molar-refractivity contribution in [3.8, 4) is 0 Å². The molecule has 0 aromatic carbocycles. The maximum absolute atomic E-state index is 13.7. The number of ether oxygens (including phenoxy) is 6. The minimum absolute atomic E-state index is 0.0277. The second kappa shape index (κ2) is 21.5. The summed E-state index contributed by atoms with van der Waals surface area (Å²) >= 11 is 0. The highest BCUT2D eigenvalue weighted by atomic mass is 16.8. The van der Waals surface area contributed by atoms with Crippen molar-refractivity contribution in [1.82, 2.24) is 5.32 Å². The van der Waals surface area contributed by atoms with Crippen molar-refractivity contribution in [2.75, 3.05) is 19.8 Å². The van der Waals surface area contributed by atoms with Crippen LogP contribution in [0.2, 0.25) is 0 Å². The fourth-order valence-corrected chi connectivity index (χ4v) is 13.8. The van der Waals surface area contributed by atoms with Crippen molar-refractivity contribution in [2.45, 2.75) is 217 Å². The lowest BCUT2D eigenvalue weighted by molar-refractivity contribution is -0.383. The lowest BCUT2D eigenvalue weighted by Gasteiger charge is -2.61. The first kappa shape index (κ1) is 52.4. The van der Waals surface area contributed by atoms with Crippen LogP contribution in [0.15, 0.2) is 0 Å². The Morgan fingerprint density at radius 3 is 2.12 bits per heavy atom. The van der Waals surface area contributed by atoms with Gasteiger partial charge in [-0.25, -0.2) is 0 Å². The average molecular weight is 944 g/mol. The largest absolute Gasteiger partial charge is 0.394 e. The number of aliphatic hydroxyl groups excluding tert-OH is 9. The van der Waals surface area contributed by atoms with E-state index in [4.69, 9.17) is 28.4 Å². The van der Waals surface area contributed by atoms with Gasteiger partial charge < -0.3 is 79.7 Å². The third-order valence-corrected chi connectivity index (χ3v) is 17.8. The predicted molar refractivity (Wildman–Crippen MR) is 234 cm³/mol. The number of amides is 1. The maximum Gasteiger partial charge on any atom is 0.219 e. The summed E-state index contributed by atoms with van der Waals surface area (Å²) < 4.78 is 35.5. The topological polar surface area (TPSA) is 284 Å². The first-order chi connectivity index (χ1) is 31.2. The van der Waals surface area contributed by atoms with E-state index in [0.717, 1.165) is 44.9 Å². The zero-order valence-corrected chi connectivity index (χ0v) is 39.7. The molecule has 7 aliphatic rings. The van der Waals surface area contributed by atoms with Gasteiger partial charge in [-0.3, -0.25) is 9.59 Å². The van der Waals surface area contributed by atoms with Crippen LogP contribution < -0.4 is 5.32 Å². The number of hydrogen-bond donors (Lipinski definition) is 10. The molecule has 1 amide bonds. The summed E-state index contributed by atoms with van der Waals surface area (Å²) in [5, 5.41) is 100. The Kier molecular flexibility index (Phi) is 17.1. The van der Waals surface area contributed by atoms with Crippen LogP contribution in [0.25, 0.3) is 0 Å². The highest BCUT2D eigenvalue weighted by molar-refractivity contribution is 5.81. The first-order valence-electron chi connectivity index (χ1n) is 25.0. The standard InChI is InChI=1S/C48H81NO17/c1-7-8-34(54)49-19-22(2)9-12-30(51)23(3)35-31(52)18-29-27-11-10-25-17-26(13-15-47(25,5)28(27)14-16-48(29,35)6)63-45-41(60)39(58)42(33(20-50)64-45)65-46-43(38(57)36(55)24(4)62-46)66-44-40(59)37(56)32(53)21-61-44/h22-29,31-33,35-46,50,52-53,55-60H,7-21H2,1-6H3,(H,49,54)/t22-,23-,24+,25+,26+,27-,28+,29+,31-,32-,33-,35+,36+,37+,38-,39-,40-,41-,42-,43-,44+,45-,46+,47+,48+/m1/s1. The Bertz CT molecular complexity index is 1630. The van der Waals surface area contributed by atoms with Gasteiger partial charge in [-0.05, 0) is 117 Å². The third kappa shape index (κ3) is 10.3. The van der Waals surface area contributed by atoms with E-state index in [1.165, 1.54) is 6.92 Å². The van der Waals surface area contributed by atoms with Crippen LogP contribution >= 0.6 is 0 Å². The minimum Gasteiger partial charge on any atom is -0.394 e. The van der Waals surface area contributed by atoms with E-state index in [9.17, 15) is 55.5 Å². The molecule has 4 aliphatic carbocycles. The zero-order chi connectivity index (χ0) is 48.0. The van der Waals surface area contributed by atoms with E-state index in [-0.39, 0.29) is 46.4 Å². The molecular weight excluding hydrogens is 863 g/mol. The van der Waals surface area contributed by atoms with Crippen LogP contribution in [0.5, 0.6) is 0 Å². The number of rotatable bonds is 16. The van der Waals surface area contributed by atoms with Gasteiger partial charge in [0.15, 0.2) is 18.9 Å². The number of aliphatic hydroxyl groups is 9. The normalized spacial score (nSPS) is 49.2. The van der Waals surface area contributed by atoms with E-state index in [1.54, 1.807) is 0 Å². The number of carbonyl (C=O) groups is 2.